The number of esters is 1. The molecule has 0 spiro atoms. The number of carboxylic acid groups (broad SMARTS) is 1. The van der Waals surface area contributed by atoms with Crippen LogP contribution in [0.5, 0.6) is 0 Å². The summed E-state index contributed by atoms with van der Waals surface area (Å²) in [5.74, 6) is -1.69. The summed E-state index contributed by atoms with van der Waals surface area (Å²) in [5.41, 5.74) is 0. The van der Waals surface area contributed by atoms with Crippen LogP contribution in [0, 0.1) is 0 Å². The number of hydrogen-bond donors (Lipinski definition) is 1. The molecule has 1 saturated carbocycles. The van der Waals surface area contributed by atoms with Gasteiger partial charge in [0.1, 0.15) is 6.10 Å². The molecular formula is C10H15FO4. The van der Waals surface area contributed by atoms with Crippen LogP contribution in [0.2, 0.25) is 0 Å². The van der Waals surface area contributed by atoms with Gasteiger partial charge >= 0.3 is 11.9 Å². The molecule has 0 heterocycles. The van der Waals surface area contributed by atoms with Gasteiger partial charge in [0.15, 0.2) is 0 Å². The minimum absolute atomic E-state index is 0. The van der Waals surface area contributed by atoms with Crippen molar-refractivity contribution in [3.05, 3.63) is 12.2 Å². The van der Waals surface area contributed by atoms with Gasteiger partial charge in [0.2, 0.25) is 0 Å². The van der Waals surface area contributed by atoms with Gasteiger partial charge in [-0.15, -0.1) is 0 Å². The van der Waals surface area contributed by atoms with Crippen LogP contribution in [0.4, 0.5) is 4.70 Å². The molecule has 86 valence electrons. The molecule has 0 aromatic rings. The zero-order valence-corrected chi connectivity index (χ0v) is 8.35. The lowest BCUT2D eigenvalue weighted by molar-refractivity contribution is -0.144. The number of carboxylic acids is 1. The standard InChI is InChI=1S/C10H14O4.FH/c11-9(12)6-7-10(13)14-8-4-2-1-3-5-8;/h6-8H,1-5H2,(H,11,12);1H/b7-6+;. The number of ether oxygens (including phenoxy) is 1. The minimum atomic E-state index is -1.13. The molecule has 0 aromatic heterocycles. The van der Waals surface area contributed by atoms with Gasteiger partial charge in [0.25, 0.3) is 0 Å². The van der Waals surface area contributed by atoms with E-state index in [1.165, 1.54) is 6.42 Å². The van der Waals surface area contributed by atoms with Crippen molar-refractivity contribution in [3.63, 3.8) is 0 Å². The van der Waals surface area contributed by atoms with Gasteiger partial charge in [-0.1, -0.05) is 6.42 Å². The molecule has 0 saturated heterocycles. The van der Waals surface area contributed by atoms with Gasteiger partial charge in [-0.25, -0.2) is 9.59 Å². The lowest BCUT2D eigenvalue weighted by Crippen LogP contribution is -2.19. The van der Waals surface area contributed by atoms with Crippen LogP contribution in [0.1, 0.15) is 32.1 Å². The van der Waals surface area contributed by atoms with Crippen LogP contribution in [0.3, 0.4) is 0 Å². The van der Waals surface area contributed by atoms with Crippen molar-refractivity contribution in [2.24, 2.45) is 0 Å². The summed E-state index contributed by atoms with van der Waals surface area (Å²) in [4.78, 5) is 21.1. The molecule has 15 heavy (non-hydrogen) atoms. The summed E-state index contributed by atoms with van der Waals surface area (Å²) in [7, 11) is 0. The normalized spacial score (nSPS) is 17.1. The number of carbonyl (C=O) groups is 2. The highest BCUT2D eigenvalue weighted by molar-refractivity contribution is 5.90. The Kier molecular flexibility index (Phi) is 6.33. The predicted molar refractivity (Wildman–Crippen MR) is 52.2 cm³/mol. The smallest absolute Gasteiger partial charge is 0.331 e. The molecule has 0 unspecified atom stereocenters. The maximum Gasteiger partial charge on any atom is 0.331 e. The van der Waals surface area contributed by atoms with Crippen LogP contribution in [-0.4, -0.2) is 23.1 Å². The second kappa shape index (κ2) is 6.98. The molecule has 0 aromatic carbocycles. The largest absolute Gasteiger partial charge is 0.478 e. The van der Waals surface area contributed by atoms with Crippen molar-refractivity contribution < 1.29 is 24.1 Å². The summed E-state index contributed by atoms with van der Waals surface area (Å²) in [6.45, 7) is 0. The second-order valence-corrected chi connectivity index (χ2v) is 3.37. The van der Waals surface area contributed by atoms with E-state index in [9.17, 15) is 9.59 Å². The van der Waals surface area contributed by atoms with E-state index >= 15 is 0 Å². The highest BCUT2D eigenvalue weighted by atomic mass is 19.0. The first-order valence-electron chi connectivity index (χ1n) is 4.80. The Bertz CT molecular complexity index is 244. The first kappa shape index (κ1) is 13.6. The van der Waals surface area contributed by atoms with Crippen molar-refractivity contribution in [2.45, 2.75) is 38.2 Å². The molecule has 5 heteroatoms. The van der Waals surface area contributed by atoms with Crippen LogP contribution < -0.4 is 0 Å². The summed E-state index contributed by atoms with van der Waals surface area (Å²) in [6.07, 6.45) is 6.89. The van der Waals surface area contributed by atoms with Gasteiger partial charge in [-0.2, -0.15) is 0 Å². The van der Waals surface area contributed by atoms with Crippen molar-refractivity contribution in [3.8, 4) is 0 Å². The number of halogens is 1. The molecule has 1 aliphatic rings. The summed E-state index contributed by atoms with van der Waals surface area (Å²) in [6, 6.07) is 0. The fourth-order valence-corrected chi connectivity index (χ4v) is 1.53. The Labute approximate surface area is 87.3 Å². The fourth-order valence-electron chi connectivity index (χ4n) is 1.53. The average molecular weight is 218 g/mol. The average Bonchev–Trinajstić information content (AvgIpc) is 2.16. The highest BCUT2D eigenvalue weighted by Crippen LogP contribution is 2.20. The number of rotatable bonds is 3. The molecule has 0 amide bonds. The summed E-state index contributed by atoms with van der Waals surface area (Å²) < 4.78 is 5.05. The fraction of sp³-hybridized carbons (Fsp3) is 0.600. The second-order valence-electron chi connectivity index (χ2n) is 3.37. The third-order valence-electron chi connectivity index (χ3n) is 2.20. The van der Waals surface area contributed by atoms with E-state index in [4.69, 9.17) is 9.84 Å². The van der Waals surface area contributed by atoms with Gasteiger partial charge in [0.05, 0.1) is 0 Å². The SMILES string of the molecule is F.O=C(O)/C=C/C(=O)OC1CCCCC1. The Morgan fingerprint density at radius 1 is 1.13 bits per heavy atom. The molecule has 1 fully saturated rings. The maximum absolute atomic E-state index is 11.0. The number of hydrogen-bond acceptors (Lipinski definition) is 3. The van der Waals surface area contributed by atoms with Crippen LogP contribution in [0.15, 0.2) is 12.2 Å². The van der Waals surface area contributed by atoms with Gasteiger partial charge in [-0.05, 0) is 25.7 Å². The van der Waals surface area contributed by atoms with Crippen molar-refractivity contribution >= 4 is 11.9 Å². The van der Waals surface area contributed by atoms with E-state index in [-0.39, 0.29) is 10.8 Å². The predicted octanol–water partition coefficient (Wildman–Crippen LogP) is 1.66. The van der Waals surface area contributed by atoms with Gasteiger partial charge in [-0.3, -0.25) is 4.70 Å². The first-order chi connectivity index (χ1) is 6.68. The first-order valence-corrected chi connectivity index (χ1v) is 4.80. The quantitative estimate of drug-likeness (QED) is 0.578. The molecule has 4 nitrogen and oxygen atoms in total. The Morgan fingerprint density at radius 3 is 2.27 bits per heavy atom. The van der Waals surface area contributed by atoms with Gasteiger partial charge < -0.3 is 9.84 Å². The maximum atomic E-state index is 11.0. The minimum Gasteiger partial charge on any atom is -0.478 e. The Morgan fingerprint density at radius 2 is 1.73 bits per heavy atom. The van der Waals surface area contributed by atoms with E-state index in [2.05, 4.69) is 0 Å². The molecular weight excluding hydrogens is 203 g/mol. The topological polar surface area (TPSA) is 63.6 Å². The van der Waals surface area contributed by atoms with Crippen LogP contribution in [-0.2, 0) is 14.3 Å². The molecule has 0 aliphatic heterocycles. The molecule has 0 atom stereocenters. The Hall–Kier alpha value is -1.39. The third kappa shape index (κ3) is 5.83. The highest BCUT2D eigenvalue weighted by Gasteiger charge is 2.16. The van der Waals surface area contributed by atoms with Crippen LogP contribution in [0.25, 0.3) is 0 Å². The van der Waals surface area contributed by atoms with E-state index in [1.807, 2.05) is 0 Å². The van der Waals surface area contributed by atoms with Crippen LogP contribution >= 0.6 is 0 Å². The van der Waals surface area contributed by atoms with E-state index in [0.717, 1.165) is 37.8 Å². The van der Waals surface area contributed by atoms with Gasteiger partial charge in [0, 0.05) is 12.2 Å². The summed E-state index contributed by atoms with van der Waals surface area (Å²) >= 11 is 0. The zero-order valence-electron chi connectivity index (χ0n) is 8.35. The zero-order chi connectivity index (χ0) is 10.4. The molecule has 0 bridgehead atoms. The number of carbonyl (C=O) groups excluding carboxylic acids is 1. The molecule has 1 N–H and O–H groups in total. The number of aliphatic carboxylic acids is 1. The monoisotopic (exact) mass is 218 g/mol. The van der Waals surface area contributed by atoms with E-state index in [0.29, 0.717) is 0 Å². The Balaban J connectivity index is 0.00000196. The third-order valence-corrected chi connectivity index (χ3v) is 2.20. The summed E-state index contributed by atoms with van der Waals surface area (Å²) in [5, 5.41) is 8.27. The molecule has 1 rings (SSSR count). The van der Waals surface area contributed by atoms with Crippen molar-refractivity contribution in [2.75, 3.05) is 0 Å². The van der Waals surface area contributed by atoms with E-state index < -0.39 is 11.9 Å². The van der Waals surface area contributed by atoms with E-state index in [1.54, 1.807) is 0 Å². The lowest BCUT2D eigenvalue weighted by atomic mass is 9.98. The molecule has 1 aliphatic carbocycles. The van der Waals surface area contributed by atoms with Crippen molar-refractivity contribution in [1.29, 1.82) is 0 Å². The lowest BCUT2D eigenvalue weighted by Gasteiger charge is -2.20. The van der Waals surface area contributed by atoms with Crippen molar-refractivity contribution in [1.82, 2.24) is 0 Å². The molecule has 0 radical (unpaired) electrons.